The molecule has 2 saturated heterocycles. The van der Waals surface area contributed by atoms with Crippen molar-refractivity contribution in [3.63, 3.8) is 0 Å². The van der Waals surface area contributed by atoms with Gasteiger partial charge in [-0.05, 0) is 32.0 Å². The van der Waals surface area contributed by atoms with Gasteiger partial charge < -0.3 is 28.1 Å². The lowest BCUT2D eigenvalue weighted by Crippen LogP contribution is -2.55. The highest BCUT2D eigenvalue weighted by molar-refractivity contribution is 6.74. The van der Waals surface area contributed by atoms with Crippen LogP contribution in [0.1, 0.15) is 34.6 Å². The van der Waals surface area contributed by atoms with Gasteiger partial charge in [-0.1, -0.05) is 20.8 Å². The van der Waals surface area contributed by atoms with E-state index in [1.165, 1.54) is 0 Å². The fourth-order valence-corrected chi connectivity index (χ4v) is 4.08. The van der Waals surface area contributed by atoms with Crippen LogP contribution in [0.3, 0.4) is 0 Å². The molecule has 0 amide bonds. The Bertz CT molecular complexity index is 447. The van der Waals surface area contributed by atoms with Crippen molar-refractivity contribution >= 4 is 8.32 Å². The molecule has 2 rings (SSSR count). The molecule has 2 aliphatic rings. The molecule has 7 heteroatoms. The minimum absolute atomic E-state index is 0.118. The molecule has 24 heavy (non-hydrogen) atoms. The Kier molecular flexibility index (Phi) is 5.59. The van der Waals surface area contributed by atoms with Gasteiger partial charge >= 0.3 is 0 Å². The topological polar surface area (TPSA) is 55.4 Å². The lowest BCUT2D eigenvalue weighted by atomic mass is 9.97. The quantitative estimate of drug-likeness (QED) is 0.677. The van der Waals surface area contributed by atoms with Crippen molar-refractivity contribution in [3.05, 3.63) is 0 Å². The third kappa shape index (κ3) is 3.72. The predicted octanol–water partition coefficient (Wildman–Crippen LogP) is 2.92. The summed E-state index contributed by atoms with van der Waals surface area (Å²) < 4.78 is 35.8. The summed E-state index contributed by atoms with van der Waals surface area (Å²) in [5.74, 6) is -0.675. The fraction of sp³-hybridized carbons (Fsp3) is 1.00. The van der Waals surface area contributed by atoms with Gasteiger partial charge in [0.25, 0.3) is 0 Å². The van der Waals surface area contributed by atoms with Crippen LogP contribution in [0.5, 0.6) is 0 Å². The Morgan fingerprint density at radius 3 is 2.12 bits per heavy atom. The van der Waals surface area contributed by atoms with Crippen molar-refractivity contribution in [2.75, 3.05) is 27.4 Å². The number of hydrogen-bond acceptors (Lipinski definition) is 6. The van der Waals surface area contributed by atoms with Gasteiger partial charge in [0.15, 0.2) is 20.4 Å². The summed E-state index contributed by atoms with van der Waals surface area (Å²) in [6.45, 7) is 15.6. The van der Waals surface area contributed by atoms with E-state index in [1.807, 2.05) is 13.8 Å². The van der Waals surface area contributed by atoms with Crippen molar-refractivity contribution in [2.24, 2.45) is 0 Å². The van der Waals surface area contributed by atoms with Crippen LogP contribution < -0.4 is 0 Å². The van der Waals surface area contributed by atoms with Crippen LogP contribution in [0.15, 0.2) is 0 Å². The van der Waals surface area contributed by atoms with E-state index in [1.54, 1.807) is 14.2 Å². The number of hydrogen-bond donors (Lipinski definition) is 0. The van der Waals surface area contributed by atoms with Gasteiger partial charge in [0.1, 0.15) is 17.8 Å². The summed E-state index contributed by atoms with van der Waals surface area (Å²) in [4.78, 5) is 0. The zero-order valence-electron chi connectivity index (χ0n) is 16.6. The van der Waals surface area contributed by atoms with E-state index in [9.17, 15) is 0 Å². The van der Waals surface area contributed by atoms with Gasteiger partial charge in [-0.25, -0.2) is 0 Å². The third-order valence-corrected chi connectivity index (χ3v) is 9.86. The normalized spacial score (nSPS) is 36.1. The Morgan fingerprint density at radius 1 is 1.00 bits per heavy atom. The zero-order valence-corrected chi connectivity index (χ0v) is 17.6. The van der Waals surface area contributed by atoms with Crippen LogP contribution in [0.25, 0.3) is 0 Å². The Labute approximate surface area is 147 Å². The minimum Gasteiger partial charge on any atom is -0.414 e. The molecular weight excluding hydrogens is 328 g/mol. The highest BCUT2D eigenvalue weighted by Crippen LogP contribution is 2.45. The SMILES string of the molecule is COC[C@]1(CO[Si](C)(C)C(C)(C)C)O[C@@H]2OC(C)(C)O[C@@H]2[C@H]1OC. The number of fused-ring (bicyclic) bond motifs is 1. The maximum absolute atomic E-state index is 6.43. The molecule has 0 spiro atoms. The molecule has 0 N–H and O–H groups in total. The largest absolute Gasteiger partial charge is 0.414 e. The molecule has 142 valence electrons. The zero-order chi connectivity index (χ0) is 18.4. The molecule has 6 nitrogen and oxygen atoms in total. The monoisotopic (exact) mass is 362 g/mol. The highest BCUT2D eigenvalue weighted by atomic mass is 28.4. The molecule has 0 radical (unpaired) electrons. The number of methoxy groups -OCH3 is 2. The van der Waals surface area contributed by atoms with E-state index in [0.717, 1.165) is 0 Å². The standard InChI is InChI=1S/C17H34O6Si/c1-15(2,3)24(8,9)20-11-17(10-18-6)13(19-7)12-14(23-17)22-16(4,5)21-12/h12-14H,10-11H2,1-9H3/t12-,13-,14+,17-/m1/s1. The molecule has 2 fully saturated rings. The fourth-order valence-electron chi connectivity index (χ4n) is 3.04. The van der Waals surface area contributed by atoms with E-state index in [4.69, 9.17) is 28.1 Å². The first-order valence-corrected chi connectivity index (χ1v) is 11.5. The molecular formula is C17H34O6Si. The minimum atomic E-state index is -1.93. The van der Waals surface area contributed by atoms with Crippen LogP contribution in [-0.2, 0) is 28.1 Å². The predicted molar refractivity (Wildman–Crippen MR) is 93.5 cm³/mol. The molecule has 0 aliphatic carbocycles. The summed E-state index contributed by atoms with van der Waals surface area (Å²) in [7, 11) is 1.40. The van der Waals surface area contributed by atoms with Crippen molar-refractivity contribution in [1.82, 2.24) is 0 Å². The van der Waals surface area contributed by atoms with Crippen molar-refractivity contribution in [3.8, 4) is 0 Å². The van der Waals surface area contributed by atoms with Gasteiger partial charge in [0, 0.05) is 14.2 Å². The van der Waals surface area contributed by atoms with E-state index < -0.39 is 26.0 Å². The average molecular weight is 363 g/mol. The molecule has 0 aromatic carbocycles. The maximum Gasteiger partial charge on any atom is 0.192 e. The second kappa shape index (κ2) is 6.61. The molecule has 0 aromatic heterocycles. The smallest absolute Gasteiger partial charge is 0.192 e. The van der Waals surface area contributed by atoms with E-state index in [-0.39, 0.29) is 17.2 Å². The summed E-state index contributed by atoms with van der Waals surface area (Å²) in [6.07, 6.45) is -1.07. The molecule has 0 aromatic rings. The van der Waals surface area contributed by atoms with Gasteiger partial charge in [0.05, 0.1) is 13.2 Å². The van der Waals surface area contributed by atoms with Crippen molar-refractivity contribution in [1.29, 1.82) is 0 Å². The molecule has 0 saturated carbocycles. The highest BCUT2D eigenvalue weighted by Gasteiger charge is 2.63. The second-order valence-corrected chi connectivity index (χ2v) is 13.6. The van der Waals surface area contributed by atoms with Gasteiger partial charge in [-0.2, -0.15) is 0 Å². The Hall–Kier alpha value is -0.0231. The van der Waals surface area contributed by atoms with Crippen molar-refractivity contribution < 1.29 is 28.1 Å². The Balaban J connectivity index is 2.19. The van der Waals surface area contributed by atoms with Crippen molar-refractivity contribution in [2.45, 2.75) is 82.6 Å². The first-order chi connectivity index (χ1) is 10.9. The van der Waals surface area contributed by atoms with E-state index in [2.05, 4.69) is 33.9 Å². The summed E-state index contributed by atoms with van der Waals surface area (Å²) in [6, 6.07) is 0. The van der Waals surface area contributed by atoms with E-state index >= 15 is 0 Å². The Morgan fingerprint density at radius 2 is 1.62 bits per heavy atom. The molecule has 2 heterocycles. The van der Waals surface area contributed by atoms with Crippen LogP contribution in [0, 0.1) is 0 Å². The van der Waals surface area contributed by atoms with Crippen LogP contribution in [-0.4, -0.2) is 65.6 Å². The lowest BCUT2D eigenvalue weighted by molar-refractivity contribution is -0.255. The van der Waals surface area contributed by atoms with Gasteiger partial charge in [0.2, 0.25) is 0 Å². The molecule has 0 bridgehead atoms. The van der Waals surface area contributed by atoms with Crippen LogP contribution in [0.4, 0.5) is 0 Å². The lowest BCUT2D eigenvalue weighted by Gasteiger charge is -2.41. The summed E-state index contributed by atoms with van der Waals surface area (Å²) >= 11 is 0. The van der Waals surface area contributed by atoms with Crippen LogP contribution >= 0.6 is 0 Å². The second-order valence-electron chi connectivity index (χ2n) is 8.79. The molecule has 2 aliphatic heterocycles. The maximum atomic E-state index is 6.43. The van der Waals surface area contributed by atoms with Gasteiger partial charge in [-0.3, -0.25) is 0 Å². The van der Waals surface area contributed by atoms with E-state index in [0.29, 0.717) is 13.2 Å². The summed E-state index contributed by atoms with van der Waals surface area (Å²) in [5, 5.41) is 0.118. The number of rotatable bonds is 6. The summed E-state index contributed by atoms with van der Waals surface area (Å²) in [5.41, 5.74) is -0.731. The third-order valence-electron chi connectivity index (χ3n) is 5.38. The van der Waals surface area contributed by atoms with Crippen LogP contribution in [0.2, 0.25) is 18.1 Å². The first-order valence-electron chi connectivity index (χ1n) is 8.57. The number of ether oxygens (including phenoxy) is 5. The average Bonchev–Trinajstić information content (AvgIpc) is 2.84. The molecule has 4 atom stereocenters. The van der Waals surface area contributed by atoms with Gasteiger partial charge in [-0.15, -0.1) is 0 Å². The first kappa shape index (κ1) is 20.3. The molecule has 0 unspecified atom stereocenters.